The van der Waals surface area contributed by atoms with Crippen molar-refractivity contribution in [2.45, 2.75) is 42.0 Å². The van der Waals surface area contributed by atoms with Crippen molar-refractivity contribution >= 4 is 10.1 Å². The molecule has 2 saturated carbocycles. The van der Waals surface area contributed by atoms with E-state index in [1.165, 1.54) is 0 Å². The summed E-state index contributed by atoms with van der Waals surface area (Å²) in [4.78, 5) is 0. The van der Waals surface area contributed by atoms with Gasteiger partial charge in [-0.3, -0.25) is 4.55 Å². The third-order valence-electron chi connectivity index (χ3n) is 6.95. The number of rotatable bonds is 5. The summed E-state index contributed by atoms with van der Waals surface area (Å²) in [7, 11) is -6.30. The van der Waals surface area contributed by atoms with Crippen LogP contribution in [0.1, 0.15) is 24.0 Å². The average Bonchev–Trinajstić information content (AvgIpc) is 3.45. The predicted molar refractivity (Wildman–Crippen MR) is 105 cm³/mol. The van der Waals surface area contributed by atoms with Crippen molar-refractivity contribution in [3.05, 3.63) is 71.8 Å². The molecule has 5 nitrogen and oxygen atoms in total. The smallest absolute Gasteiger partial charge is 0.336 e. The van der Waals surface area contributed by atoms with Gasteiger partial charge in [0, 0.05) is 17.0 Å². The predicted octanol–water partition coefficient (Wildman–Crippen LogP) is 4.44. The fourth-order valence-corrected chi connectivity index (χ4v) is 6.04. The minimum Gasteiger partial charge on any atom is -0.336 e. The van der Waals surface area contributed by atoms with Gasteiger partial charge in [0.25, 0.3) is 0 Å². The molecular formula is C22H20F4O5S. The van der Waals surface area contributed by atoms with Crippen molar-refractivity contribution < 1.29 is 40.0 Å². The standard InChI is InChI=1S/C22H20F4O5S/c23-21(24,22(25,26)32(27,28)29)17-12-13-11-16(17)19-18(13)30-20(31-19,14-7-3-1-4-8-14)15-9-5-2-6-10-15/h1-10,13,16-19H,11-12H2,(H,27,28,29)/t13?,16?,17?,18?,19-/m1/s1. The van der Waals surface area contributed by atoms with Gasteiger partial charge in [0.2, 0.25) is 5.79 Å². The van der Waals surface area contributed by atoms with Gasteiger partial charge in [0.05, 0.1) is 12.2 Å². The first-order valence-electron chi connectivity index (χ1n) is 10.2. The maximum Gasteiger partial charge on any atom is 0.431 e. The van der Waals surface area contributed by atoms with Gasteiger partial charge >= 0.3 is 21.3 Å². The molecule has 2 aromatic carbocycles. The number of benzene rings is 2. The fourth-order valence-electron chi connectivity index (χ4n) is 5.54. The Labute approximate surface area is 182 Å². The van der Waals surface area contributed by atoms with Gasteiger partial charge in [0.1, 0.15) is 0 Å². The van der Waals surface area contributed by atoms with Gasteiger partial charge in [-0.1, -0.05) is 60.7 Å². The molecule has 5 rings (SSSR count). The van der Waals surface area contributed by atoms with Crippen molar-refractivity contribution in [3.63, 3.8) is 0 Å². The van der Waals surface area contributed by atoms with Crippen LogP contribution in [0, 0.1) is 17.8 Å². The molecule has 3 fully saturated rings. The molecule has 1 aliphatic heterocycles. The molecule has 1 saturated heterocycles. The van der Waals surface area contributed by atoms with Crippen LogP contribution in [-0.4, -0.2) is 36.4 Å². The number of fused-ring (bicyclic) bond motifs is 5. The van der Waals surface area contributed by atoms with Gasteiger partial charge in [-0.2, -0.15) is 26.0 Å². The summed E-state index contributed by atoms with van der Waals surface area (Å²) in [5, 5.41) is -5.60. The third-order valence-corrected chi connectivity index (χ3v) is 7.87. The van der Waals surface area contributed by atoms with Crippen LogP contribution >= 0.6 is 0 Å². The van der Waals surface area contributed by atoms with Crippen molar-refractivity contribution in [3.8, 4) is 0 Å². The Kier molecular flexibility index (Phi) is 4.77. The summed E-state index contributed by atoms with van der Waals surface area (Å²) >= 11 is 0. The number of hydrogen-bond donors (Lipinski definition) is 1. The molecular weight excluding hydrogens is 452 g/mol. The highest BCUT2D eigenvalue weighted by Crippen LogP contribution is 2.63. The Morgan fingerprint density at radius 3 is 1.84 bits per heavy atom. The number of hydrogen-bond acceptors (Lipinski definition) is 4. The summed E-state index contributed by atoms with van der Waals surface area (Å²) < 4.78 is 101. The van der Waals surface area contributed by atoms with Crippen LogP contribution in [0.3, 0.4) is 0 Å². The van der Waals surface area contributed by atoms with Gasteiger partial charge in [0.15, 0.2) is 0 Å². The Morgan fingerprint density at radius 2 is 1.34 bits per heavy atom. The van der Waals surface area contributed by atoms with Gasteiger partial charge in [-0.15, -0.1) is 0 Å². The first-order chi connectivity index (χ1) is 15.0. The lowest BCUT2D eigenvalue weighted by Gasteiger charge is -2.36. The number of halogens is 4. The molecule has 5 atom stereocenters. The largest absolute Gasteiger partial charge is 0.431 e. The van der Waals surface area contributed by atoms with Crippen molar-refractivity contribution in [1.82, 2.24) is 0 Å². The lowest BCUT2D eigenvalue weighted by Crippen LogP contribution is -2.55. The summed E-state index contributed by atoms with van der Waals surface area (Å²) in [6, 6.07) is 17.8. The molecule has 0 spiro atoms. The number of alkyl halides is 4. The van der Waals surface area contributed by atoms with Crippen LogP contribution in [-0.2, 0) is 25.4 Å². The molecule has 0 radical (unpaired) electrons. The van der Waals surface area contributed by atoms with Gasteiger partial charge in [-0.05, 0) is 24.7 Å². The van der Waals surface area contributed by atoms with E-state index >= 15 is 0 Å². The quantitative estimate of drug-likeness (QED) is 0.515. The third kappa shape index (κ3) is 2.89. The summed E-state index contributed by atoms with van der Waals surface area (Å²) in [6.45, 7) is 0. The highest BCUT2D eigenvalue weighted by molar-refractivity contribution is 7.87. The zero-order valence-electron chi connectivity index (χ0n) is 16.6. The van der Waals surface area contributed by atoms with E-state index in [4.69, 9.17) is 14.0 Å². The maximum atomic E-state index is 14.8. The second-order valence-electron chi connectivity index (χ2n) is 8.63. The van der Waals surface area contributed by atoms with E-state index in [0.717, 1.165) is 0 Å². The SMILES string of the molecule is O=S(=O)(O)C(F)(F)C(F)(F)C1CC2CC1[C@H]1OC(c3ccccc3)(c3ccccc3)OC21. The summed E-state index contributed by atoms with van der Waals surface area (Å²) in [5.41, 5.74) is 1.26. The van der Waals surface area contributed by atoms with E-state index in [2.05, 4.69) is 0 Å². The molecule has 1 N–H and O–H groups in total. The molecule has 32 heavy (non-hydrogen) atoms. The van der Waals surface area contributed by atoms with E-state index < -0.39 is 57.0 Å². The molecule has 10 heteroatoms. The summed E-state index contributed by atoms with van der Waals surface area (Å²) in [6.07, 6.45) is -1.74. The van der Waals surface area contributed by atoms with Gasteiger partial charge < -0.3 is 9.47 Å². The first-order valence-corrected chi connectivity index (χ1v) is 11.6. The van der Waals surface area contributed by atoms with E-state index in [-0.39, 0.29) is 12.8 Å². The fraction of sp³-hybridized carbons (Fsp3) is 0.455. The Hall–Kier alpha value is -2.01. The highest BCUT2D eigenvalue weighted by atomic mass is 32.2. The molecule has 3 aliphatic rings. The normalized spacial score (nSPS) is 31.6. The first kappa shape index (κ1) is 21.8. The topological polar surface area (TPSA) is 72.8 Å². The maximum absolute atomic E-state index is 14.8. The van der Waals surface area contributed by atoms with E-state index in [1.807, 2.05) is 0 Å². The summed E-state index contributed by atoms with van der Waals surface area (Å²) in [5.74, 6) is -9.89. The molecule has 1 heterocycles. The zero-order valence-corrected chi connectivity index (χ0v) is 17.4. The van der Waals surface area contributed by atoms with E-state index in [0.29, 0.717) is 11.1 Å². The van der Waals surface area contributed by atoms with E-state index in [9.17, 15) is 26.0 Å². The highest BCUT2D eigenvalue weighted by Gasteiger charge is 2.75. The zero-order chi connectivity index (χ0) is 22.9. The number of ether oxygens (including phenoxy) is 2. The van der Waals surface area contributed by atoms with E-state index in [1.54, 1.807) is 60.7 Å². The minimum absolute atomic E-state index is 0.150. The molecule has 2 bridgehead atoms. The molecule has 0 aromatic heterocycles. The monoisotopic (exact) mass is 472 g/mol. The molecule has 0 amide bonds. The minimum atomic E-state index is -6.30. The van der Waals surface area contributed by atoms with Gasteiger partial charge in [-0.25, -0.2) is 0 Å². The molecule has 4 unspecified atom stereocenters. The Bertz CT molecular complexity index is 1070. The Morgan fingerprint density at radius 1 is 0.844 bits per heavy atom. The van der Waals surface area contributed by atoms with Crippen molar-refractivity contribution in [2.24, 2.45) is 17.8 Å². The molecule has 2 aromatic rings. The Balaban J connectivity index is 1.52. The van der Waals surface area contributed by atoms with Crippen LogP contribution in [0.15, 0.2) is 60.7 Å². The lowest BCUT2D eigenvalue weighted by molar-refractivity contribution is -0.212. The van der Waals surface area contributed by atoms with Crippen LogP contribution in [0.5, 0.6) is 0 Å². The second-order valence-corrected chi connectivity index (χ2v) is 10.1. The molecule has 172 valence electrons. The lowest BCUT2D eigenvalue weighted by atomic mass is 9.81. The molecule has 2 aliphatic carbocycles. The van der Waals surface area contributed by atoms with Crippen molar-refractivity contribution in [1.29, 1.82) is 0 Å². The average molecular weight is 472 g/mol. The van der Waals surface area contributed by atoms with Crippen LogP contribution in [0.25, 0.3) is 0 Å². The van der Waals surface area contributed by atoms with Crippen LogP contribution in [0.2, 0.25) is 0 Å². The second kappa shape index (κ2) is 6.99. The van der Waals surface area contributed by atoms with Crippen LogP contribution < -0.4 is 0 Å². The van der Waals surface area contributed by atoms with Crippen LogP contribution in [0.4, 0.5) is 17.6 Å². The van der Waals surface area contributed by atoms with Crippen molar-refractivity contribution in [2.75, 3.05) is 0 Å².